The molecule has 112 valence electrons. The topological polar surface area (TPSA) is 61.5 Å². The Morgan fingerprint density at radius 1 is 1.40 bits per heavy atom. The van der Waals surface area contributed by atoms with Crippen LogP contribution < -0.4 is 10.5 Å². The van der Waals surface area contributed by atoms with Crippen LogP contribution in [0.3, 0.4) is 0 Å². The summed E-state index contributed by atoms with van der Waals surface area (Å²) in [5.74, 6) is -2.74. The number of benzene rings is 1. The molecule has 0 heterocycles. The third-order valence-electron chi connectivity index (χ3n) is 2.30. The van der Waals surface area contributed by atoms with E-state index < -0.39 is 29.9 Å². The molecule has 1 atom stereocenters. The molecule has 0 aliphatic heterocycles. The first kappa shape index (κ1) is 16.2. The number of halogens is 4. The molecule has 0 saturated carbocycles. The number of esters is 1. The predicted octanol–water partition coefficient (Wildman–Crippen LogP) is 2.68. The highest BCUT2D eigenvalue weighted by molar-refractivity contribution is 5.70. The van der Waals surface area contributed by atoms with Gasteiger partial charge in [0.05, 0.1) is 13.0 Å². The predicted molar refractivity (Wildman–Crippen MR) is 61.3 cm³/mol. The van der Waals surface area contributed by atoms with Gasteiger partial charge in [0.15, 0.2) is 11.6 Å². The zero-order valence-corrected chi connectivity index (χ0v) is 10.5. The third-order valence-corrected chi connectivity index (χ3v) is 2.30. The number of carbonyl (C=O) groups excluding carboxylic acids is 1. The molecule has 0 spiro atoms. The van der Waals surface area contributed by atoms with Crippen molar-refractivity contribution in [1.82, 2.24) is 0 Å². The van der Waals surface area contributed by atoms with Crippen molar-refractivity contribution in [1.29, 1.82) is 0 Å². The van der Waals surface area contributed by atoms with Crippen LogP contribution in [0.2, 0.25) is 0 Å². The summed E-state index contributed by atoms with van der Waals surface area (Å²) >= 11 is 0. The van der Waals surface area contributed by atoms with Crippen LogP contribution in [0.4, 0.5) is 17.6 Å². The molecule has 0 aliphatic rings. The van der Waals surface area contributed by atoms with E-state index in [4.69, 9.17) is 5.73 Å². The molecule has 0 saturated heterocycles. The Morgan fingerprint density at radius 2 is 2.05 bits per heavy atom. The molecule has 4 nitrogen and oxygen atoms in total. The molecule has 1 rings (SSSR count). The second-order valence-corrected chi connectivity index (χ2v) is 3.85. The lowest BCUT2D eigenvalue weighted by atomic mass is 10.0. The van der Waals surface area contributed by atoms with Gasteiger partial charge in [0, 0.05) is 6.04 Å². The van der Waals surface area contributed by atoms with Gasteiger partial charge >= 0.3 is 12.3 Å². The van der Waals surface area contributed by atoms with Crippen molar-refractivity contribution < 1.29 is 31.8 Å². The van der Waals surface area contributed by atoms with Crippen LogP contribution >= 0.6 is 0 Å². The molecule has 2 N–H and O–H groups in total. The highest BCUT2D eigenvalue weighted by Crippen LogP contribution is 2.27. The van der Waals surface area contributed by atoms with Crippen molar-refractivity contribution >= 4 is 5.97 Å². The molecular weight excluding hydrogens is 282 g/mol. The van der Waals surface area contributed by atoms with Crippen molar-refractivity contribution in [2.75, 3.05) is 6.61 Å². The van der Waals surface area contributed by atoms with Gasteiger partial charge in [0.1, 0.15) is 0 Å². The number of hydrogen-bond acceptors (Lipinski definition) is 4. The van der Waals surface area contributed by atoms with E-state index in [1.807, 2.05) is 0 Å². The molecule has 0 radical (unpaired) electrons. The summed E-state index contributed by atoms with van der Waals surface area (Å²) in [6, 6.07) is 1.89. The lowest BCUT2D eigenvalue weighted by Crippen LogP contribution is -2.19. The first-order valence-electron chi connectivity index (χ1n) is 5.69. The number of alkyl halides is 3. The summed E-state index contributed by atoms with van der Waals surface area (Å²) in [7, 11) is 0. The smallest absolute Gasteiger partial charge is 0.466 e. The normalized spacial score (nSPS) is 12.9. The number of carbonyl (C=O) groups is 1. The van der Waals surface area contributed by atoms with E-state index in [0.717, 1.165) is 18.2 Å². The Kier molecular flexibility index (Phi) is 5.32. The van der Waals surface area contributed by atoms with Gasteiger partial charge in [0.2, 0.25) is 0 Å². The fourth-order valence-corrected chi connectivity index (χ4v) is 1.47. The van der Waals surface area contributed by atoms with Crippen molar-refractivity contribution in [2.24, 2.45) is 5.73 Å². The first-order chi connectivity index (χ1) is 9.23. The fraction of sp³-hybridized carbons (Fsp3) is 0.417. The van der Waals surface area contributed by atoms with Crippen LogP contribution in [0.1, 0.15) is 24.9 Å². The molecule has 0 aromatic heterocycles. The molecule has 0 unspecified atom stereocenters. The minimum Gasteiger partial charge on any atom is -0.466 e. The summed E-state index contributed by atoms with van der Waals surface area (Å²) in [5, 5.41) is 0. The van der Waals surface area contributed by atoms with Crippen molar-refractivity contribution in [2.45, 2.75) is 25.7 Å². The van der Waals surface area contributed by atoms with Gasteiger partial charge in [-0.2, -0.15) is 0 Å². The molecule has 20 heavy (non-hydrogen) atoms. The highest BCUT2D eigenvalue weighted by Gasteiger charge is 2.32. The summed E-state index contributed by atoms with van der Waals surface area (Å²) in [6.07, 6.45) is -5.18. The zero-order valence-electron chi connectivity index (χ0n) is 10.5. The monoisotopic (exact) mass is 295 g/mol. The SMILES string of the molecule is CCOC(=O)C[C@H](N)c1ccc(OC(F)(F)F)c(F)c1. The molecule has 1 aromatic carbocycles. The minimum absolute atomic E-state index is 0.171. The Hall–Kier alpha value is -1.83. The molecule has 8 heteroatoms. The standard InChI is InChI=1S/C12H13F4NO3/c1-2-19-11(18)6-9(17)7-3-4-10(8(13)5-7)20-12(14,15)16/h3-5,9H,2,6,17H2,1H3/t9-/m0/s1. The van der Waals surface area contributed by atoms with Crippen LogP contribution in [0, 0.1) is 5.82 Å². The van der Waals surface area contributed by atoms with E-state index in [9.17, 15) is 22.4 Å². The summed E-state index contributed by atoms with van der Waals surface area (Å²) < 4.78 is 57.5. The highest BCUT2D eigenvalue weighted by atomic mass is 19.4. The maximum Gasteiger partial charge on any atom is 0.573 e. The molecular formula is C12H13F4NO3. The molecule has 1 aromatic rings. The average Bonchev–Trinajstić information content (AvgIpc) is 2.30. The van der Waals surface area contributed by atoms with Crippen LogP contribution in [-0.2, 0) is 9.53 Å². The lowest BCUT2D eigenvalue weighted by Gasteiger charge is -2.14. The largest absolute Gasteiger partial charge is 0.573 e. The zero-order chi connectivity index (χ0) is 15.3. The van der Waals surface area contributed by atoms with Crippen LogP contribution in [0.15, 0.2) is 18.2 Å². The Balaban J connectivity index is 2.78. The molecule has 0 bridgehead atoms. The lowest BCUT2D eigenvalue weighted by molar-refractivity contribution is -0.275. The van der Waals surface area contributed by atoms with Gasteiger partial charge in [-0.15, -0.1) is 13.2 Å². The second-order valence-electron chi connectivity index (χ2n) is 3.85. The molecule has 0 fully saturated rings. The van der Waals surface area contributed by atoms with Crippen LogP contribution in [0.25, 0.3) is 0 Å². The second kappa shape index (κ2) is 6.56. The van der Waals surface area contributed by atoms with E-state index in [-0.39, 0.29) is 18.6 Å². The first-order valence-corrected chi connectivity index (χ1v) is 5.69. The van der Waals surface area contributed by atoms with E-state index in [2.05, 4.69) is 9.47 Å². The number of rotatable bonds is 5. The van der Waals surface area contributed by atoms with Gasteiger partial charge in [-0.25, -0.2) is 4.39 Å². The van der Waals surface area contributed by atoms with Gasteiger partial charge in [0.25, 0.3) is 0 Å². The minimum atomic E-state index is -4.98. The number of hydrogen-bond donors (Lipinski definition) is 1. The molecule has 0 aliphatic carbocycles. The quantitative estimate of drug-likeness (QED) is 0.670. The number of nitrogens with two attached hydrogens (primary N) is 1. The summed E-state index contributed by atoms with van der Waals surface area (Å²) in [5.41, 5.74) is 5.81. The van der Waals surface area contributed by atoms with Gasteiger partial charge < -0.3 is 15.2 Å². The van der Waals surface area contributed by atoms with Gasteiger partial charge in [-0.1, -0.05) is 6.07 Å². The van der Waals surface area contributed by atoms with E-state index >= 15 is 0 Å². The van der Waals surface area contributed by atoms with Gasteiger partial charge in [-0.3, -0.25) is 4.79 Å². The average molecular weight is 295 g/mol. The Bertz CT molecular complexity index is 476. The third kappa shape index (κ3) is 5.04. The van der Waals surface area contributed by atoms with E-state index in [1.54, 1.807) is 6.92 Å². The van der Waals surface area contributed by atoms with Crippen LogP contribution in [0.5, 0.6) is 5.75 Å². The number of ether oxygens (including phenoxy) is 2. The van der Waals surface area contributed by atoms with Gasteiger partial charge in [-0.05, 0) is 24.6 Å². The molecule has 0 amide bonds. The van der Waals surface area contributed by atoms with Crippen LogP contribution in [-0.4, -0.2) is 18.9 Å². The maximum absolute atomic E-state index is 13.4. The van der Waals surface area contributed by atoms with Crippen molar-refractivity contribution in [3.8, 4) is 5.75 Å². The Morgan fingerprint density at radius 3 is 2.55 bits per heavy atom. The Labute approximate surface area is 112 Å². The van der Waals surface area contributed by atoms with Crippen molar-refractivity contribution in [3.05, 3.63) is 29.6 Å². The van der Waals surface area contributed by atoms with E-state index in [1.165, 1.54) is 0 Å². The summed E-state index contributed by atoms with van der Waals surface area (Å²) in [6.45, 7) is 1.80. The van der Waals surface area contributed by atoms with E-state index in [0.29, 0.717) is 0 Å². The van der Waals surface area contributed by atoms with Crippen molar-refractivity contribution in [3.63, 3.8) is 0 Å². The fourth-order valence-electron chi connectivity index (χ4n) is 1.47. The maximum atomic E-state index is 13.4. The summed E-state index contributed by atoms with van der Waals surface area (Å²) in [4.78, 5) is 11.2.